The molecular formula is C21H23N3O4S. The lowest BCUT2D eigenvalue weighted by Gasteiger charge is -2.12. The minimum absolute atomic E-state index is 0.00525. The second-order valence-electron chi connectivity index (χ2n) is 6.45. The Labute approximate surface area is 173 Å². The molecule has 152 valence electrons. The number of nitrogens with zero attached hydrogens (tertiary/aromatic N) is 3. The van der Waals surface area contributed by atoms with Crippen LogP contribution in [-0.4, -0.2) is 51.2 Å². The van der Waals surface area contributed by atoms with Gasteiger partial charge in [0.15, 0.2) is 16.8 Å². The quantitative estimate of drug-likeness (QED) is 0.426. The van der Waals surface area contributed by atoms with Crippen LogP contribution in [0, 0.1) is 0 Å². The number of methoxy groups -OCH3 is 1. The number of aliphatic hydroxyl groups is 1. The predicted octanol–water partition coefficient (Wildman–Crippen LogP) is 3.23. The standard InChI is InChI=1S/C21H23N3O4S/c1-14(25)15-4-10-19(11-5-15)28-12-17(26)13-29-21-23-22-20(24(21)2)16-6-8-18(27-3)9-7-16/h4-11,17,26H,12-13H2,1-3H3/t17-/m0/s1. The van der Waals surface area contributed by atoms with E-state index in [2.05, 4.69) is 10.2 Å². The maximum atomic E-state index is 11.3. The van der Waals surface area contributed by atoms with E-state index in [9.17, 15) is 9.90 Å². The van der Waals surface area contributed by atoms with Gasteiger partial charge in [0.25, 0.3) is 0 Å². The lowest BCUT2D eigenvalue weighted by atomic mass is 10.1. The van der Waals surface area contributed by atoms with Crippen LogP contribution in [0.25, 0.3) is 11.4 Å². The van der Waals surface area contributed by atoms with E-state index in [1.165, 1.54) is 18.7 Å². The zero-order valence-corrected chi connectivity index (χ0v) is 17.3. The summed E-state index contributed by atoms with van der Waals surface area (Å²) in [6.45, 7) is 1.67. The molecule has 0 aliphatic rings. The second kappa shape index (κ2) is 9.58. The van der Waals surface area contributed by atoms with E-state index in [4.69, 9.17) is 9.47 Å². The highest BCUT2D eigenvalue weighted by atomic mass is 32.2. The number of carbonyl (C=O) groups is 1. The Morgan fingerprint density at radius 3 is 2.38 bits per heavy atom. The summed E-state index contributed by atoms with van der Waals surface area (Å²) >= 11 is 1.41. The Kier molecular flexibility index (Phi) is 6.90. The molecular weight excluding hydrogens is 390 g/mol. The maximum Gasteiger partial charge on any atom is 0.191 e. The van der Waals surface area contributed by atoms with Gasteiger partial charge in [0.05, 0.1) is 13.2 Å². The third-order valence-electron chi connectivity index (χ3n) is 4.29. The monoisotopic (exact) mass is 413 g/mol. The molecule has 0 spiro atoms. The zero-order chi connectivity index (χ0) is 20.8. The van der Waals surface area contributed by atoms with Crippen LogP contribution in [0.15, 0.2) is 53.7 Å². The van der Waals surface area contributed by atoms with Crippen LogP contribution in [-0.2, 0) is 7.05 Å². The number of Topliss-reactive ketones (excluding diaryl/α,β-unsaturated/α-hetero) is 1. The van der Waals surface area contributed by atoms with Crippen molar-refractivity contribution in [3.63, 3.8) is 0 Å². The van der Waals surface area contributed by atoms with Crippen LogP contribution in [0.3, 0.4) is 0 Å². The molecule has 0 aliphatic carbocycles. The van der Waals surface area contributed by atoms with Gasteiger partial charge >= 0.3 is 0 Å². The maximum absolute atomic E-state index is 11.3. The molecule has 1 aromatic heterocycles. The molecule has 0 unspecified atom stereocenters. The molecule has 0 fully saturated rings. The topological polar surface area (TPSA) is 86.5 Å². The van der Waals surface area contributed by atoms with Gasteiger partial charge < -0.3 is 19.1 Å². The smallest absolute Gasteiger partial charge is 0.191 e. The third kappa shape index (κ3) is 5.36. The van der Waals surface area contributed by atoms with Gasteiger partial charge in [0.2, 0.25) is 0 Å². The van der Waals surface area contributed by atoms with Crippen molar-refractivity contribution in [1.29, 1.82) is 0 Å². The first-order chi connectivity index (χ1) is 14.0. The molecule has 7 nitrogen and oxygen atoms in total. The van der Waals surface area contributed by atoms with E-state index in [-0.39, 0.29) is 12.4 Å². The highest BCUT2D eigenvalue weighted by Crippen LogP contribution is 2.25. The summed E-state index contributed by atoms with van der Waals surface area (Å²) in [4.78, 5) is 11.3. The molecule has 29 heavy (non-hydrogen) atoms. The fourth-order valence-corrected chi connectivity index (χ4v) is 3.45. The van der Waals surface area contributed by atoms with Gasteiger partial charge in [-0.1, -0.05) is 11.8 Å². The van der Waals surface area contributed by atoms with Crippen molar-refractivity contribution in [2.45, 2.75) is 18.2 Å². The number of carbonyl (C=O) groups excluding carboxylic acids is 1. The summed E-state index contributed by atoms with van der Waals surface area (Å²) in [6, 6.07) is 14.5. The molecule has 0 aliphatic heterocycles. The van der Waals surface area contributed by atoms with E-state index in [0.717, 1.165) is 17.1 Å². The van der Waals surface area contributed by atoms with E-state index < -0.39 is 6.10 Å². The fourth-order valence-electron chi connectivity index (χ4n) is 2.63. The van der Waals surface area contributed by atoms with Crippen molar-refractivity contribution in [2.24, 2.45) is 7.05 Å². The summed E-state index contributed by atoms with van der Waals surface area (Å²) in [7, 11) is 3.52. The predicted molar refractivity (Wildman–Crippen MR) is 112 cm³/mol. The molecule has 1 heterocycles. The van der Waals surface area contributed by atoms with E-state index in [1.807, 2.05) is 35.9 Å². The number of hydrogen-bond donors (Lipinski definition) is 1. The average Bonchev–Trinajstić information content (AvgIpc) is 3.11. The van der Waals surface area contributed by atoms with Crippen LogP contribution in [0.4, 0.5) is 0 Å². The molecule has 0 amide bonds. The Morgan fingerprint density at radius 1 is 1.10 bits per heavy atom. The van der Waals surface area contributed by atoms with E-state index in [1.54, 1.807) is 31.4 Å². The number of ether oxygens (including phenoxy) is 2. The number of aliphatic hydroxyl groups excluding tert-OH is 1. The minimum Gasteiger partial charge on any atom is -0.497 e. The molecule has 2 aromatic carbocycles. The lowest BCUT2D eigenvalue weighted by Crippen LogP contribution is -2.20. The van der Waals surface area contributed by atoms with Crippen molar-refractivity contribution in [3.8, 4) is 22.9 Å². The molecule has 8 heteroatoms. The summed E-state index contributed by atoms with van der Waals surface area (Å²) in [5, 5.41) is 19.4. The van der Waals surface area contributed by atoms with Gasteiger partial charge in [0, 0.05) is 23.9 Å². The van der Waals surface area contributed by atoms with Gasteiger partial charge in [-0.05, 0) is 55.5 Å². The van der Waals surface area contributed by atoms with Gasteiger partial charge in [-0.25, -0.2) is 0 Å². The zero-order valence-electron chi connectivity index (χ0n) is 16.5. The highest BCUT2D eigenvalue weighted by molar-refractivity contribution is 7.99. The van der Waals surface area contributed by atoms with Crippen molar-refractivity contribution in [3.05, 3.63) is 54.1 Å². The van der Waals surface area contributed by atoms with Crippen molar-refractivity contribution in [1.82, 2.24) is 14.8 Å². The first-order valence-electron chi connectivity index (χ1n) is 9.06. The average molecular weight is 413 g/mol. The van der Waals surface area contributed by atoms with Crippen molar-refractivity contribution in [2.75, 3.05) is 19.5 Å². The summed E-state index contributed by atoms with van der Waals surface area (Å²) in [5.41, 5.74) is 1.56. The highest BCUT2D eigenvalue weighted by Gasteiger charge is 2.14. The molecule has 3 aromatic rings. The Bertz CT molecular complexity index is 955. The molecule has 0 saturated heterocycles. The van der Waals surface area contributed by atoms with Gasteiger partial charge in [0.1, 0.15) is 18.1 Å². The second-order valence-corrected chi connectivity index (χ2v) is 7.44. The van der Waals surface area contributed by atoms with Crippen LogP contribution >= 0.6 is 11.8 Å². The molecule has 0 radical (unpaired) electrons. The SMILES string of the molecule is COc1ccc(-c2nnc(SC[C@@H](O)COc3ccc(C(C)=O)cc3)n2C)cc1. The van der Waals surface area contributed by atoms with Crippen LogP contribution < -0.4 is 9.47 Å². The normalized spacial score (nSPS) is 11.9. The number of thioether (sulfide) groups is 1. The molecule has 0 bridgehead atoms. The number of hydrogen-bond acceptors (Lipinski definition) is 7. The number of benzene rings is 2. The number of rotatable bonds is 9. The Balaban J connectivity index is 1.53. The molecule has 0 saturated carbocycles. The fraction of sp³-hybridized carbons (Fsp3) is 0.286. The van der Waals surface area contributed by atoms with E-state index >= 15 is 0 Å². The van der Waals surface area contributed by atoms with Crippen molar-refractivity contribution < 1.29 is 19.4 Å². The summed E-state index contributed by atoms with van der Waals surface area (Å²) < 4.78 is 12.7. The third-order valence-corrected chi connectivity index (χ3v) is 5.46. The van der Waals surface area contributed by atoms with Gasteiger partial charge in [-0.3, -0.25) is 4.79 Å². The lowest BCUT2D eigenvalue weighted by molar-refractivity contribution is 0.101. The molecule has 3 rings (SSSR count). The summed E-state index contributed by atoms with van der Waals surface area (Å²) in [6.07, 6.45) is -0.673. The number of ketones is 1. The van der Waals surface area contributed by atoms with Crippen LogP contribution in [0.1, 0.15) is 17.3 Å². The van der Waals surface area contributed by atoms with Crippen LogP contribution in [0.2, 0.25) is 0 Å². The van der Waals surface area contributed by atoms with Crippen molar-refractivity contribution >= 4 is 17.5 Å². The number of aromatic nitrogens is 3. The Morgan fingerprint density at radius 2 is 1.76 bits per heavy atom. The molecule has 1 atom stereocenters. The largest absolute Gasteiger partial charge is 0.497 e. The van der Waals surface area contributed by atoms with Crippen LogP contribution in [0.5, 0.6) is 11.5 Å². The molecule has 1 N–H and O–H groups in total. The minimum atomic E-state index is -0.673. The first kappa shape index (κ1) is 20.9. The Hall–Kier alpha value is -2.84. The van der Waals surface area contributed by atoms with Gasteiger partial charge in [-0.2, -0.15) is 0 Å². The van der Waals surface area contributed by atoms with Gasteiger partial charge in [-0.15, -0.1) is 10.2 Å². The first-order valence-corrected chi connectivity index (χ1v) is 10.0. The summed E-state index contributed by atoms with van der Waals surface area (Å²) in [5.74, 6) is 2.56. The van der Waals surface area contributed by atoms with E-state index in [0.29, 0.717) is 22.2 Å².